The van der Waals surface area contributed by atoms with Gasteiger partial charge in [-0.05, 0) is 45.9 Å². The van der Waals surface area contributed by atoms with E-state index in [1.54, 1.807) is 6.07 Å². The molecular formula is C21H23IN2O6. The van der Waals surface area contributed by atoms with Crippen LogP contribution in [0.5, 0.6) is 0 Å². The maximum atomic E-state index is 12.1. The Morgan fingerprint density at radius 1 is 1.03 bits per heavy atom. The van der Waals surface area contributed by atoms with E-state index in [0.29, 0.717) is 0 Å². The van der Waals surface area contributed by atoms with Crippen molar-refractivity contribution in [3.05, 3.63) is 69.3 Å². The summed E-state index contributed by atoms with van der Waals surface area (Å²) in [5, 5.41) is 24.1. The Labute approximate surface area is 187 Å². The summed E-state index contributed by atoms with van der Waals surface area (Å²) in [7, 11) is 0. The zero-order valence-corrected chi connectivity index (χ0v) is 18.2. The van der Waals surface area contributed by atoms with Gasteiger partial charge in [0.25, 0.3) is 0 Å². The lowest BCUT2D eigenvalue weighted by molar-refractivity contribution is -0.142. The molecule has 0 radical (unpaired) electrons. The number of rotatable bonds is 10. The second-order valence-corrected chi connectivity index (χ2v) is 7.84. The second kappa shape index (κ2) is 12.1. The number of carboxylic acid groups (broad SMARTS) is 1. The highest BCUT2D eigenvalue weighted by molar-refractivity contribution is 14.1. The molecule has 0 fully saturated rings. The van der Waals surface area contributed by atoms with Gasteiger partial charge in [-0.25, -0.2) is 9.59 Å². The summed E-state index contributed by atoms with van der Waals surface area (Å²) < 4.78 is 5.97. The van der Waals surface area contributed by atoms with Crippen molar-refractivity contribution in [2.45, 2.75) is 31.6 Å². The summed E-state index contributed by atoms with van der Waals surface area (Å²) in [5.74, 6) is -1.79. The highest BCUT2D eigenvalue weighted by Gasteiger charge is 2.22. The molecule has 0 spiro atoms. The average Bonchev–Trinajstić information content (AvgIpc) is 2.71. The Hall–Kier alpha value is -2.66. The van der Waals surface area contributed by atoms with Crippen molar-refractivity contribution in [3.8, 4) is 0 Å². The zero-order chi connectivity index (χ0) is 21.9. The van der Waals surface area contributed by atoms with Crippen molar-refractivity contribution >= 4 is 40.6 Å². The van der Waals surface area contributed by atoms with Gasteiger partial charge in [-0.3, -0.25) is 4.79 Å². The molecule has 0 heterocycles. The van der Waals surface area contributed by atoms with Crippen LogP contribution in [0.1, 0.15) is 17.5 Å². The third kappa shape index (κ3) is 8.78. The Balaban J connectivity index is 1.73. The van der Waals surface area contributed by atoms with Crippen molar-refractivity contribution in [1.29, 1.82) is 0 Å². The largest absolute Gasteiger partial charge is 0.480 e. The first-order valence-electron chi connectivity index (χ1n) is 9.22. The summed E-state index contributed by atoms with van der Waals surface area (Å²) in [6, 6.07) is 15.3. The zero-order valence-electron chi connectivity index (χ0n) is 16.1. The van der Waals surface area contributed by atoms with Crippen molar-refractivity contribution in [2.24, 2.45) is 0 Å². The van der Waals surface area contributed by atoms with Crippen LogP contribution in [-0.2, 0) is 27.4 Å². The van der Waals surface area contributed by atoms with E-state index in [9.17, 15) is 24.6 Å². The molecule has 2 aromatic carbocycles. The fourth-order valence-electron chi connectivity index (χ4n) is 2.61. The normalized spacial score (nSPS) is 12.5. The molecule has 30 heavy (non-hydrogen) atoms. The fraction of sp³-hybridized carbons (Fsp3) is 0.286. The molecule has 160 valence electrons. The topological polar surface area (TPSA) is 125 Å². The van der Waals surface area contributed by atoms with Crippen LogP contribution in [-0.4, -0.2) is 46.9 Å². The first-order valence-corrected chi connectivity index (χ1v) is 10.3. The highest BCUT2D eigenvalue weighted by Crippen LogP contribution is 2.10. The van der Waals surface area contributed by atoms with Gasteiger partial charge in [-0.1, -0.05) is 42.5 Å². The number of aliphatic hydroxyl groups excluding tert-OH is 1. The minimum atomic E-state index is -1.18. The predicted molar refractivity (Wildman–Crippen MR) is 118 cm³/mol. The van der Waals surface area contributed by atoms with E-state index in [4.69, 9.17) is 4.74 Å². The van der Waals surface area contributed by atoms with Crippen LogP contribution in [0.15, 0.2) is 54.6 Å². The van der Waals surface area contributed by atoms with Gasteiger partial charge in [0.1, 0.15) is 12.6 Å². The number of halogens is 1. The minimum absolute atomic E-state index is 0.0853. The molecule has 0 aliphatic heterocycles. The molecule has 0 unspecified atom stereocenters. The van der Waals surface area contributed by atoms with E-state index in [-0.39, 0.29) is 26.0 Å². The quantitative estimate of drug-likeness (QED) is 0.352. The Morgan fingerprint density at radius 3 is 2.40 bits per heavy atom. The number of hydrogen-bond acceptors (Lipinski definition) is 5. The van der Waals surface area contributed by atoms with Crippen molar-refractivity contribution in [3.63, 3.8) is 0 Å². The maximum Gasteiger partial charge on any atom is 0.407 e. The number of alkyl carbamates (subject to hydrolysis) is 1. The molecule has 2 rings (SSSR count). The van der Waals surface area contributed by atoms with Crippen LogP contribution in [0.3, 0.4) is 0 Å². The number of carbonyl (C=O) groups is 3. The van der Waals surface area contributed by atoms with Crippen LogP contribution in [0.4, 0.5) is 4.79 Å². The van der Waals surface area contributed by atoms with Gasteiger partial charge in [-0.15, -0.1) is 0 Å². The Morgan fingerprint density at radius 2 is 1.73 bits per heavy atom. The molecule has 0 aliphatic carbocycles. The molecular weight excluding hydrogens is 503 g/mol. The molecule has 4 N–H and O–H groups in total. The van der Waals surface area contributed by atoms with Gasteiger partial charge in [0.2, 0.25) is 5.91 Å². The van der Waals surface area contributed by atoms with Crippen LogP contribution >= 0.6 is 22.6 Å². The van der Waals surface area contributed by atoms with E-state index < -0.39 is 30.1 Å². The summed E-state index contributed by atoms with van der Waals surface area (Å²) >= 11 is 2.12. The number of hydrogen-bond donors (Lipinski definition) is 4. The Bertz CT molecular complexity index is 862. The van der Waals surface area contributed by atoms with Crippen molar-refractivity contribution in [2.75, 3.05) is 6.54 Å². The Kier molecular flexibility index (Phi) is 9.55. The van der Waals surface area contributed by atoms with E-state index in [2.05, 4.69) is 33.2 Å². The number of ether oxygens (including phenoxy) is 1. The molecule has 9 heteroatoms. The first-order chi connectivity index (χ1) is 14.3. The van der Waals surface area contributed by atoms with E-state index in [1.165, 1.54) is 0 Å². The predicted octanol–water partition coefficient (Wildman–Crippen LogP) is 2.08. The lowest BCUT2D eigenvalue weighted by atomic mass is 10.1. The molecule has 0 aliphatic rings. The maximum absolute atomic E-state index is 12.1. The van der Waals surface area contributed by atoms with Gasteiger partial charge >= 0.3 is 12.1 Å². The summed E-state index contributed by atoms with van der Waals surface area (Å²) in [4.78, 5) is 35.2. The molecule has 0 saturated heterocycles. The number of aliphatic hydroxyl groups is 1. The second-order valence-electron chi connectivity index (χ2n) is 6.59. The molecule has 0 bridgehead atoms. The van der Waals surface area contributed by atoms with Crippen LogP contribution in [0, 0.1) is 3.57 Å². The molecule has 0 saturated carbocycles. The van der Waals surface area contributed by atoms with Crippen LogP contribution in [0.2, 0.25) is 0 Å². The van der Waals surface area contributed by atoms with E-state index in [1.807, 2.05) is 48.5 Å². The number of carboxylic acids is 1. The standard InChI is InChI=1S/C21H23IN2O6/c22-16-8-4-7-15(9-16)10-18(20(27)28)24-19(26)11-17(25)12-23-21(29)30-13-14-5-2-1-3-6-14/h1-9,17-18,25H,10-13H2,(H,23,29)(H,24,26)(H,27,28)/t17-,18-/m1/s1. The average molecular weight is 526 g/mol. The summed E-state index contributed by atoms with van der Waals surface area (Å²) in [6.07, 6.45) is -2.13. The number of carbonyl (C=O) groups excluding carboxylic acids is 2. The highest BCUT2D eigenvalue weighted by atomic mass is 127. The van der Waals surface area contributed by atoms with Gasteiger partial charge < -0.3 is 25.6 Å². The molecule has 0 aromatic heterocycles. The van der Waals surface area contributed by atoms with Gasteiger partial charge in [0.05, 0.1) is 12.5 Å². The lowest BCUT2D eigenvalue weighted by Gasteiger charge is -2.17. The van der Waals surface area contributed by atoms with Crippen LogP contribution in [0.25, 0.3) is 0 Å². The number of nitrogens with one attached hydrogen (secondary N) is 2. The monoisotopic (exact) mass is 526 g/mol. The van der Waals surface area contributed by atoms with Crippen LogP contribution < -0.4 is 10.6 Å². The molecule has 2 amide bonds. The number of benzene rings is 2. The first kappa shape index (κ1) is 23.6. The fourth-order valence-corrected chi connectivity index (χ4v) is 3.22. The smallest absolute Gasteiger partial charge is 0.407 e. The lowest BCUT2D eigenvalue weighted by Crippen LogP contribution is -2.44. The minimum Gasteiger partial charge on any atom is -0.480 e. The summed E-state index contributed by atoms with van der Waals surface area (Å²) in [5.41, 5.74) is 1.60. The number of aliphatic carboxylic acids is 1. The van der Waals surface area contributed by atoms with Gasteiger partial charge in [0, 0.05) is 16.5 Å². The SMILES string of the molecule is O=C(C[C@@H](O)CNC(=O)OCc1ccccc1)N[C@H](Cc1cccc(I)c1)C(=O)O. The summed E-state index contributed by atoms with van der Waals surface area (Å²) in [6.45, 7) is -0.113. The molecule has 8 nitrogen and oxygen atoms in total. The van der Waals surface area contributed by atoms with E-state index >= 15 is 0 Å². The van der Waals surface area contributed by atoms with Crippen molar-refractivity contribution in [1.82, 2.24) is 10.6 Å². The third-order valence-electron chi connectivity index (χ3n) is 4.08. The van der Waals surface area contributed by atoms with Crippen molar-refractivity contribution < 1.29 is 29.3 Å². The number of amides is 2. The molecule has 2 atom stereocenters. The van der Waals surface area contributed by atoms with Gasteiger partial charge in [-0.2, -0.15) is 0 Å². The third-order valence-corrected chi connectivity index (χ3v) is 4.75. The molecule has 2 aromatic rings. The van der Waals surface area contributed by atoms with Gasteiger partial charge in [0.15, 0.2) is 0 Å². The van der Waals surface area contributed by atoms with E-state index in [0.717, 1.165) is 14.7 Å².